The number of H-pyrrole nitrogens is 1. The summed E-state index contributed by atoms with van der Waals surface area (Å²) in [4.78, 5) is 34.7. The number of rotatable bonds is 9. The predicted molar refractivity (Wildman–Crippen MR) is 135 cm³/mol. The third-order valence-electron chi connectivity index (χ3n) is 7.24. The summed E-state index contributed by atoms with van der Waals surface area (Å²) in [5.41, 5.74) is 5.24. The predicted octanol–water partition coefficient (Wildman–Crippen LogP) is 4.64. The second-order valence-corrected chi connectivity index (χ2v) is 10.4. The van der Waals surface area contributed by atoms with Gasteiger partial charge in [0.2, 0.25) is 5.91 Å². The van der Waals surface area contributed by atoms with Crippen LogP contribution >= 0.6 is 0 Å². The van der Waals surface area contributed by atoms with Crippen molar-refractivity contribution in [3.63, 3.8) is 0 Å². The Morgan fingerprint density at radius 1 is 1.09 bits per heavy atom. The van der Waals surface area contributed by atoms with E-state index >= 15 is 0 Å². The van der Waals surface area contributed by atoms with Crippen molar-refractivity contribution in [3.8, 4) is 11.3 Å². The molecule has 8 nitrogen and oxygen atoms in total. The molecule has 2 saturated carbocycles. The number of pyridine rings is 1. The second-order valence-electron chi connectivity index (χ2n) is 10.4. The molecule has 8 heteroatoms. The number of nitrogens with one attached hydrogen (secondary N) is 3. The van der Waals surface area contributed by atoms with Crippen LogP contribution < -0.4 is 10.6 Å². The van der Waals surface area contributed by atoms with Crippen LogP contribution in [0.3, 0.4) is 0 Å². The Labute approximate surface area is 205 Å². The van der Waals surface area contributed by atoms with Crippen molar-refractivity contribution in [1.82, 2.24) is 25.1 Å². The van der Waals surface area contributed by atoms with Crippen molar-refractivity contribution in [2.75, 3.05) is 5.32 Å². The number of aryl methyl sites for hydroxylation is 2. The fraction of sp³-hybridized carbons (Fsp3) is 0.481. The molecule has 0 radical (unpaired) electrons. The van der Waals surface area contributed by atoms with Crippen LogP contribution in [0.25, 0.3) is 11.3 Å². The van der Waals surface area contributed by atoms with Crippen LogP contribution in [0.4, 0.5) is 5.69 Å². The first-order chi connectivity index (χ1) is 16.8. The Balaban J connectivity index is 1.36. The maximum Gasteiger partial charge on any atom is 0.270 e. The molecule has 1 atom stereocenters. The van der Waals surface area contributed by atoms with Crippen LogP contribution in [-0.2, 0) is 4.79 Å². The van der Waals surface area contributed by atoms with Crippen molar-refractivity contribution in [2.45, 2.75) is 65.5 Å². The van der Waals surface area contributed by atoms with E-state index in [-0.39, 0.29) is 23.8 Å². The molecule has 2 aliphatic rings. The van der Waals surface area contributed by atoms with Gasteiger partial charge in [-0.1, -0.05) is 0 Å². The van der Waals surface area contributed by atoms with Crippen molar-refractivity contribution in [3.05, 3.63) is 53.7 Å². The van der Waals surface area contributed by atoms with E-state index in [9.17, 15) is 9.59 Å². The molecule has 3 N–H and O–H groups in total. The molecule has 0 aromatic carbocycles. The highest BCUT2D eigenvalue weighted by atomic mass is 16.2. The Kier molecular flexibility index (Phi) is 6.21. The summed E-state index contributed by atoms with van der Waals surface area (Å²) >= 11 is 0. The molecular weight excluding hydrogens is 440 g/mol. The summed E-state index contributed by atoms with van der Waals surface area (Å²) in [6, 6.07) is 4.97. The number of hydrogen-bond donors (Lipinski definition) is 3. The molecule has 3 heterocycles. The third-order valence-corrected chi connectivity index (χ3v) is 7.24. The zero-order valence-electron chi connectivity index (χ0n) is 20.8. The molecule has 5 rings (SSSR count). The zero-order chi connectivity index (χ0) is 24.7. The summed E-state index contributed by atoms with van der Waals surface area (Å²) in [6.45, 7) is 8.04. The van der Waals surface area contributed by atoms with Crippen LogP contribution in [0.2, 0.25) is 0 Å². The second kappa shape index (κ2) is 9.32. The van der Waals surface area contributed by atoms with Gasteiger partial charge < -0.3 is 15.6 Å². The number of aromatic nitrogens is 4. The van der Waals surface area contributed by atoms with E-state index in [1.54, 1.807) is 23.1 Å². The first-order valence-corrected chi connectivity index (χ1v) is 12.6. The van der Waals surface area contributed by atoms with Gasteiger partial charge in [0, 0.05) is 29.7 Å². The Hall–Kier alpha value is -3.42. The lowest BCUT2D eigenvalue weighted by Crippen LogP contribution is -2.50. The van der Waals surface area contributed by atoms with Crippen LogP contribution in [0.1, 0.15) is 67.3 Å². The van der Waals surface area contributed by atoms with Gasteiger partial charge in [-0.05, 0) is 94.9 Å². The van der Waals surface area contributed by atoms with Gasteiger partial charge in [-0.3, -0.25) is 19.3 Å². The van der Waals surface area contributed by atoms with Gasteiger partial charge in [0.1, 0.15) is 11.7 Å². The number of carbonyl (C=O) groups is 2. The van der Waals surface area contributed by atoms with Gasteiger partial charge in [-0.2, -0.15) is 5.10 Å². The summed E-state index contributed by atoms with van der Waals surface area (Å²) in [5, 5.41) is 10.4. The lowest BCUT2D eigenvalue weighted by molar-refractivity contribution is -0.119. The van der Waals surface area contributed by atoms with E-state index in [0.29, 0.717) is 23.2 Å². The highest BCUT2D eigenvalue weighted by Gasteiger charge is 2.48. The van der Waals surface area contributed by atoms with E-state index in [0.717, 1.165) is 48.2 Å². The van der Waals surface area contributed by atoms with E-state index in [4.69, 9.17) is 0 Å². The highest BCUT2D eigenvalue weighted by Crippen LogP contribution is 2.51. The minimum absolute atomic E-state index is 0.0533. The molecule has 0 aliphatic heterocycles. The number of amides is 2. The number of hydrogen-bond acceptors (Lipinski definition) is 4. The first kappa shape index (κ1) is 23.3. The molecule has 3 aromatic heterocycles. The number of nitrogens with zero attached hydrogens (tertiary/aromatic N) is 3. The molecule has 0 bridgehead atoms. The van der Waals surface area contributed by atoms with Gasteiger partial charge in [0.05, 0.1) is 17.6 Å². The number of aromatic amines is 1. The monoisotopic (exact) mass is 474 g/mol. The molecule has 35 heavy (non-hydrogen) atoms. The molecule has 2 fully saturated rings. The first-order valence-electron chi connectivity index (χ1n) is 12.6. The average Bonchev–Trinajstić information content (AvgIpc) is 3.76. The Bertz CT molecular complexity index is 1190. The molecule has 0 unspecified atom stereocenters. The standard InChI is InChI=1S/C27H34N6O2/c1-15(2)33-22(11-12-30-33)26(34)32-25(24(18-5-6-18)19-7-8-19)27(35)31-20-9-10-21(29-14-20)23-16(3)13-28-17(23)4/h9-15,18-19,24-25,28H,5-8H2,1-4H3,(H,31,35)(H,32,34)/t25-/m0/s1. The van der Waals surface area contributed by atoms with Gasteiger partial charge in [0.15, 0.2) is 0 Å². The summed E-state index contributed by atoms with van der Waals surface area (Å²) < 4.78 is 1.70. The SMILES string of the molecule is Cc1c[nH]c(C)c1-c1ccc(NC(=O)[C@@H](NC(=O)c2ccnn2C(C)C)C(C2CC2)C2CC2)cn1. The number of carbonyl (C=O) groups excluding carboxylic acids is 2. The van der Waals surface area contributed by atoms with Crippen LogP contribution in [0.5, 0.6) is 0 Å². The van der Waals surface area contributed by atoms with E-state index in [1.165, 1.54) is 0 Å². The Morgan fingerprint density at radius 2 is 1.80 bits per heavy atom. The van der Waals surface area contributed by atoms with Gasteiger partial charge >= 0.3 is 0 Å². The van der Waals surface area contributed by atoms with Gasteiger partial charge in [-0.15, -0.1) is 0 Å². The van der Waals surface area contributed by atoms with Crippen molar-refractivity contribution < 1.29 is 9.59 Å². The normalized spacial score (nSPS) is 16.5. The van der Waals surface area contributed by atoms with Crippen molar-refractivity contribution >= 4 is 17.5 Å². The minimum Gasteiger partial charge on any atom is -0.364 e. The third kappa shape index (κ3) is 4.88. The zero-order valence-corrected chi connectivity index (χ0v) is 20.8. The van der Waals surface area contributed by atoms with Crippen molar-refractivity contribution in [1.29, 1.82) is 0 Å². The van der Waals surface area contributed by atoms with E-state index < -0.39 is 6.04 Å². The lowest BCUT2D eigenvalue weighted by atomic mass is 9.88. The summed E-state index contributed by atoms with van der Waals surface area (Å²) in [6.07, 6.45) is 9.77. The van der Waals surface area contributed by atoms with Crippen LogP contribution in [0.15, 0.2) is 36.8 Å². The largest absolute Gasteiger partial charge is 0.364 e. The van der Waals surface area contributed by atoms with Gasteiger partial charge in [0.25, 0.3) is 5.91 Å². The summed E-state index contributed by atoms with van der Waals surface area (Å²) in [5.74, 6) is 0.713. The smallest absolute Gasteiger partial charge is 0.270 e. The molecule has 0 saturated heterocycles. The highest BCUT2D eigenvalue weighted by molar-refractivity contribution is 6.00. The molecule has 3 aromatic rings. The van der Waals surface area contributed by atoms with Gasteiger partial charge in [-0.25, -0.2) is 0 Å². The molecule has 2 aliphatic carbocycles. The minimum atomic E-state index is -0.591. The van der Waals surface area contributed by atoms with Crippen molar-refractivity contribution in [2.24, 2.45) is 17.8 Å². The molecule has 2 amide bonds. The Morgan fingerprint density at radius 3 is 2.34 bits per heavy atom. The maximum absolute atomic E-state index is 13.6. The molecule has 0 spiro atoms. The average molecular weight is 475 g/mol. The van der Waals surface area contributed by atoms with Crippen LogP contribution in [0, 0.1) is 31.6 Å². The number of anilines is 1. The topological polar surface area (TPSA) is 105 Å². The lowest BCUT2D eigenvalue weighted by Gasteiger charge is -2.27. The maximum atomic E-state index is 13.6. The fourth-order valence-electron chi connectivity index (χ4n) is 5.24. The van der Waals surface area contributed by atoms with E-state index in [2.05, 4.69) is 25.7 Å². The van der Waals surface area contributed by atoms with Crippen LogP contribution in [-0.4, -0.2) is 37.6 Å². The van der Waals surface area contributed by atoms with E-state index in [1.807, 2.05) is 46.0 Å². The fourth-order valence-corrected chi connectivity index (χ4v) is 5.24. The quantitative estimate of drug-likeness (QED) is 0.420. The molecular formula is C27H34N6O2. The molecule has 184 valence electrons. The summed E-state index contributed by atoms with van der Waals surface area (Å²) in [7, 11) is 0.